The zero-order chi connectivity index (χ0) is 17.6. The van der Waals surface area contributed by atoms with E-state index in [1.807, 2.05) is 36.4 Å². The van der Waals surface area contributed by atoms with Crippen LogP contribution in [0.1, 0.15) is 0 Å². The van der Waals surface area contributed by atoms with E-state index in [1.165, 1.54) is 0 Å². The quantitative estimate of drug-likeness (QED) is 0.710. The highest BCUT2D eigenvalue weighted by Gasteiger charge is 2.13. The second-order valence-electron chi connectivity index (χ2n) is 5.14. The number of methoxy groups -OCH3 is 2. The Kier molecular flexibility index (Phi) is 5.15. The van der Waals surface area contributed by atoms with E-state index in [2.05, 4.69) is 10.1 Å². The minimum Gasteiger partial charge on any atom is -0.491 e. The third-order valence-corrected chi connectivity index (χ3v) is 3.58. The molecule has 0 fully saturated rings. The molecule has 2 aromatic heterocycles. The van der Waals surface area contributed by atoms with Gasteiger partial charge in [-0.15, -0.1) is 5.10 Å². The predicted molar refractivity (Wildman–Crippen MR) is 92.5 cm³/mol. The number of pyridine rings is 1. The number of hydrogen-bond donors (Lipinski definition) is 1. The number of nitrogens with zero attached hydrogens (tertiary/aromatic N) is 3. The first-order valence-electron chi connectivity index (χ1n) is 7.73. The lowest BCUT2D eigenvalue weighted by atomic mass is 10.1. The minimum absolute atomic E-state index is 0.0177. The van der Waals surface area contributed by atoms with Crippen molar-refractivity contribution in [2.45, 2.75) is 0 Å². The summed E-state index contributed by atoms with van der Waals surface area (Å²) in [5, 5.41) is 13.3. The number of aliphatic hydroxyl groups excluding tert-OH is 1. The van der Waals surface area contributed by atoms with Crippen molar-refractivity contribution in [3.05, 3.63) is 48.7 Å². The molecule has 1 N–H and O–H groups in total. The van der Waals surface area contributed by atoms with Crippen LogP contribution in [0.5, 0.6) is 17.5 Å². The number of aromatic nitrogens is 3. The summed E-state index contributed by atoms with van der Waals surface area (Å²) >= 11 is 0. The third kappa shape index (κ3) is 3.72. The van der Waals surface area contributed by atoms with Crippen molar-refractivity contribution in [3.8, 4) is 34.5 Å². The number of ether oxygens (including phenoxy) is 3. The van der Waals surface area contributed by atoms with Crippen molar-refractivity contribution in [2.24, 2.45) is 0 Å². The van der Waals surface area contributed by atoms with Crippen LogP contribution in [0.15, 0.2) is 48.7 Å². The Morgan fingerprint density at radius 3 is 2.36 bits per heavy atom. The smallest absolute Gasteiger partial charge is 0.233 e. The maximum Gasteiger partial charge on any atom is 0.233 e. The van der Waals surface area contributed by atoms with Crippen LogP contribution < -0.4 is 14.2 Å². The SMILES string of the molecule is COc1ccc(-n2nc(OC)cc2-c2ccc(OCCO)cc2)cn1. The molecular weight excluding hydrogens is 322 g/mol. The molecule has 2 heterocycles. The summed E-state index contributed by atoms with van der Waals surface area (Å²) in [5.41, 5.74) is 2.60. The van der Waals surface area contributed by atoms with E-state index in [-0.39, 0.29) is 13.2 Å². The van der Waals surface area contributed by atoms with E-state index in [4.69, 9.17) is 19.3 Å². The summed E-state index contributed by atoms with van der Waals surface area (Å²) in [6.45, 7) is 0.249. The molecule has 3 rings (SSSR count). The van der Waals surface area contributed by atoms with Gasteiger partial charge >= 0.3 is 0 Å². The highest BCUT2D eigenvalue weighted by molar-refractivity contribution is 5.64. The fourth-order valence-corrected chi connectivity index (χ4v) is 2.37. The van der Waals surface area contributed by atoms with Crippen LogP contribution in [-0.2, 0) is 0 Å². The van der Waals surface area contributed by atoms with Crippen LogP contribution in [0.4, 0.5) is 0 Å². The van der Waals surface area contributed by atoms with E-state index in [0.29, 0.717) is 17.5 Å². The zero-order valence-electron chi connectivity index (χ0n) is 14.0. The van der Waals surface area contributed by atoms with Crippen LogP contribution in [0, 0.1) is 0 Å². The molecule has 0 aliphatic heterocycles. The van der Waals surface area contributed by atoms with Gasteiger partial charge in [-0.2, -0.15) is 0 Å². The number of benzene rings is 1. The number of rotatable bonds is 7. The first-order valence-corrected chi connectivity index (χ1v) is 7.73. The average molecular weight is 341 g/mol. The standard InChI is InChI=1S/C18H19N3O4/c1-23-17-8-5-14(12-19-17)21-16(11-18(20-21)24-2)13-3-6-15(7-4-13)25-10-9-22/h3-8,11-12,22H,9-10H2,1-2H3. The van der Waals surface area contributed by atoms with Gasteiger partial charge in [0.25, 0.3) is 0 Å². The van der Waals surface area contributed by atoms with E-state index >= 15 is 0 Å². The second kappa shape index (κ2) is 7.67. The Bertz CT molecular complexity index is 813. The Labute approximate surface area is 145 Å². The Balaban J connectivity index is 1.96. The third-order valence-electron chi connectivity index (χ3n) is 3.58. The maximum atomic E-state index is 8.82. The molecule has 0 atom stereocenters. The molecule has 0 saturated carbocycles. The van der Waals surface area contributed by atoms with E-state index < -0.39 is 0 Å². The van der Waals surface area contributed by atoms with Gasteiger partial charge in [0.05, 0.1) is 38.4 Å². The highest BCUT2D eigenvalue weighted by Crippen LogP contribution is 2.28. The maximum absolute atomic E-state index is 8.82. The Hall–Kier alpha value is -3.06. The van der Waals surface area contributed by atoms with Crippen molar-refractivity contribution < 1.29 is 19.3 Å². The van der Waals surface area contributed by atoms with Crippen molar-refractivity contribution in [3.63, 3.8) is 0 Å². The molecule has 7 heteroatoms. The molecule has 0 aliphatic carbocycles. The van der Waals surface area contributed by atoms with Crippen molar-refractivity contribution in [1.82, 2.24) is 14.8 Å². The molecule has 0 unspecified atom stereocenters. The van der Waals surface area contributed by atoms with E-state index in [9.17, 15) is 0 Å². The van der Waals surface area contributed by atoms with Gasteiger partial charge in [-0.1, -0.05) is 0 Å². The Morgan fingerprint density at radius 1 is 1.00 bits per heavy atom. The van der Waals surface area contributed by atoms with Gasteiger partial charge in [-0.05, 0) is 30.3 Å². The van der Waals surface area contributed by atoms with Crippen molar-refractivity contribution >= 4 is 0 Å². The molecule has 0 radical (unpaired) electrons. The highest BCUT2D eigenvalue weighted by atomic mass is 16.5. The first kappa shape index (κ1) is 16.8. The molecule has 0 amide bonds. The molecule has 0 saturated heterocycles. The summed E-state index contributed by atoms with van der Waals surface area (Å²) in [4.78, 5) is 4.22. The molecule has 130 valence electrons. The van der Waals surface area contributed by atoms with Gasteiger partial charge in [0.1, 0.15) is 12.4 Å². The van der Waals surface area contributed by atoms with E-state index in [0.717, 1.165) is 16.9 Å². The Morgan fingerprint density at radius 2 is 1.76 bits per heavy atom. The monoisotopic (exact) mass is 341 g/mol. The molecule has 7 nitrogen and oxygen atoms in total. The van der Waals surface area contributed by atoms with Gasteiger partial charge in [0.15, 0.2) is 0 Å². The zero-order valence-corrected chi connectivity index (χ0v) is 14.0. The van der Waals surface area contributed by atoms with Gasteiger partial charge in [-0.3, -0.25) is 0 Å². The lowest BCUT2D eigenvalue weighted by Gasteiger charge is -2.09. The minimum atomic E-state index is -0.0177. The van der Waals surface area contributed by atoms with Crippen molar-refractivity contribution in [2.75, 3.05) is 27.4 Å². The lowest BCUT2D eigenvalue weighted by Crippen LogP contribution is -2.02. The average Bonchev–Trinajstić information content (AvgIpc) is 3.11. The summed E-state index contributed by atoms with van der Waals surface area (Å²) < 4.78 is 17.5. The summed E-state index contributed by atoms with van der Waals surface area (Å²) in [6.07, 6.45) is 1.69. The number of hydrogen-bond acceptors (Lipinski definition) is 6. The van der Waals surface area contributed by atoms with Crippen LogP contribution in [-0.4, -0.2) is 47.3 Å². The summed E-state index contributed by atoms with van der Waals surface area (Å²) in [7, 11) is 3.15. The van der Waals surface area contributed by atoms with Gasteiger partial charge < -0.3 is 19.3 Å². The predicted octanol–water partition coefficient (Wildman–Crippen LogP) is 2.32. The lowest BCUT2D eigenvalue weighted by molar-refractivity contribution is 0.201. The summed E-state index contributed by atoms with van der Waals surface area (Å²) in [6, 6.07) is 13.1. The van der Waals surface area contributed by atoms with Crippen LogP contribution in [0.25, 0.3) is 16.9 Å². The molecule has 1 aromatic carbocycles. The second-order valence-corrected chi connectivity index (χ2v) is 5.14. The van der Waals surface area contributed by atoms with Gasteiger partial charge in [0.2, 0.25) is 11.8 Å². The molecule has 25 heavy (non-hydrogen) atoms. The van der Waals surface area contributed by atoms with Crippen LogP contribution in [0.2, 0.25) is 0 Å². The normalized spacial score (nSPS) is 10.5. The largest absolute Gasteiger partial charge is 0.491 e. The van der Waals surface area contributed by atoms with Crippen molar-refractivity contribution in [1.29, 1.82) is 0 Å². The number of aliphatic hydroxyl groups is 1. The van der Waals surface area contributed by atoms with Crippen LogP contribution >= 0.6 is 0 Å². The topological polar surface area (TPSA) is 78.6 Å². The molecular formula is C18H19N3O4. The fraction of sp³-hybridized carbons (Fsp3) is 0.222. The first-order chi connectivity index (χ1) is 12.2. The van der Waals surface area contributed by atoms with E-state index in [1.54, 1.807) is 31.2 Å². The summed E-state index contributed by atoms with van der Waals surface area (Å²) in [5.74, 6) is 1.74. The molecule has 3 aromatic rings. The molecule has 0 spiro atoms. The fourth-order valence-electron chi connectivity index (χ4n) is 2.37. The van der Waals surface area contributed by atoms with Gasteiger partial charge in [0, 0.05) is 17.7 Å². The van der Waals surface area contributed by atoms with Gasteiger partial charge in [-0.25, -0.2) is 9.67 Å². The molecule has 0 aliphatic rings. The van der Waals surface area contributed by atoms with Crippen LogP contribution in [0.3, 0.4) is 0 Å². The molecule has 0 bridgehead atoms.